The fourth-order valence-electron chi connectivity index (χ4n) is 2.58. The quantitative estimate of drug-likeness (QED) is 0.826. The van der Waals surface area contributed by atoms with Crippen LogP contribution in [0.3, 0.4) is 0 Å². The van der Waals surface area contributed by atoms with Crippen LogP contribution in [0, 0.1) is 5.92 Å². The summed E-state index contributed by atoms with van der Waals surface area (Å²) in [4.78, 5) is 1.38. The maximum Gasteiger partial charge on any atom is 0.0645 e. The van der Waals surface area contributed by atoms with E-state index in [0.29, 0.717) is 11.8 Å². The van der Waals surface area contributed by atoms with E-state index in [0.717, 1.165) is 5.75 Å². The molecule has 1 aromatic rings. The first-order valence-electron chi connectivity index (χ1n) is 5.76. The third-order valence-corrected chi connectivity index (χ3v) is 4.99. The van der Waals surface area contributed by atoms with Crippen LogP contribution in [0.4, 0.5) is 0 Å². The molecule has 3 rings (SSSR count). The molecule has 2 unspecified atom stereocenters. The largest absolute Gasteiger partial charge is 0.392 e. The van der Waals surface area contributed by atoms with Crippen molar-refractivity contribution >= 4 is 11.8 Å². The summed E-state index contributed by atoms with van der Waals surface area (Å²) in [5.74, 6) is 2.02. The number of fused-ring (bicyclic) bond motifs is 1. The lowest BCUT2D eigenvalue weighted by Crippen LogP contribution is -2.32. The van der Waals surface area contributed by atoms with Crippen molar-refractivity contribution < 1.29 is 5.11 Å². The molecule has 0 spiro atoms. The molecule has 1 aliphatic heterocycles. The van der Waals surface area contributed by atoms with E-state index >= 15 is 0 Å². The van der Waals surface area contributed by atoms with Gasteiger partial charge in [0.25, 0.3) is 0 Å². The summed E-state index contributed by atoms with van der Waals surface area (Å²) in [6.07, 6.45) is 3.66. The molecule has 1 saturated carbocycles. The van der Waals surface area contributed by atoms with Crippen LogP contribution in [-0.4, -0.2) is 17.0 Å². The van der Waals surface area contributed by atoms with Crippen LogP contribution in [0.15, 0.2) is 29.2 Å². The standard InChI is InChI=1S/C13H16OS/c14-13(9-4-3-5-9)11-8-15-12-7-2-1-6-10(11)12/h1-2,6-7,9,11,13-14H,3-5,8H2. The maximum absolute atomic E-state index is 10.3. The summed E-state index contributed by atoms with van der Waals surface area (Å²) >= 11 is 1.90. The van der Waals surface area contributed by atoms with E-state index in [1.54, 1.807) is 0 Å². The zero-order valence-electron chi connectivity index (χ0n) is 8.73. The van der Waals surface area contributed by atoms with Crippen LogP contribution < -0.4 is 0 Å². The van der Waals surface area contributed by atoms with Gasteiger partial charge in [0.2, 0.25) is 0 Å². The second-order valence-corrected chi connectivity index (χ2v) is 5.70. The van der Waals surface area contributed by atoms with Gasteiger partial charge in [0, 0.05) is 16.6 Å². The van der Waals surface area contributed by atoms with E-state index in [4.69, 9.17) is 0 Å². The first-order chi connectivity index (χ1) is 7.36. The van der Waals surface area contributed by atoms with Crippen molar-refractivity contribution in [3.63, 3.8) is 0 Å². The zero-order valence-corrected chi connectivity index (χ0v) is 9.54. The topological polar surface area (TPSA) is 20.2 Å². The number of rotatable bonds is 2. The molecule has 15 heavy (non-hydrogen) atoms. The summed E-state index contributed by atoms with van der Waals surface area (Å²) in [5.41, 5.74) is 1.38. The van der Waals surface area contributed by atoms with Crippen LogP contribution in [0.2, 0.25) is 0 Å². The fraction of sp³-hybridized carbons (Fsp3) is 0.538. The van der Waals surface area contributed by atoms with Crippen molar-refractivity contribution in [3.8, 4) is 0 Å². The number of hydrogen-bond donors (Lipinski definition) is 1. The zero-order chi connectivity index (χ0) is 10.3. The summed E-state index contributed by atoms with van der Waals surface area (Å²) in [6.45, 7) is 0. The summed E-state index contributed by atoms with van der Waals surface area (Å²) in [6, 6.07) is 8.53. The Hall–Kier alpha value is -0.470. The molecule has 2 heteroatoms. The minimum atomic E-state index is -0.102. The smallest absolute Gasteiger partial charge is 0.0645 e. The van der Waals surface area contributed by atoms with Gasteiger partial charge in [0.1, 0.15) is 0 Å². The molecule has 0 bridgehead atoms. The molecular formula is C13H16OS. The highest BCUT2D eigenvalue weighted by atomic mass is 32.2. The van der Waals surface area contributed by atoms with E-state index in [2.05, 4.69) is 24.3 Å². The van der Waals surface area contributed by atoms with E-state index < -0.39 is 0 Å². The summed E-state index contributed by atoms with van der Waals surface area (Å²) < 4.78 is 0. The van der Waals surface area contributed by atoms with Crippen LogP contribution in [0.5, 0.6) is 0 Å². The van der Waals surface area contributed by atoms with Gasteiger partial charge in [0.05, 0.1) is 6.10 Å². The molecule has 2 atom stereocenters. The molecule has 80 valence electrons. The van der Waals surface area contributed by atoms with Gasteiger partial charge in [-0.2, -0.15) is 0 Å². The first-order valence-corrected chi connectivity index (χ1v) is 6.74. The van der Waals surface area contributed by atoms with Gasteiger partial charge in [-0.05, 0) is 30.4 Å². The number of thioether (sulfide) groups is 1. The molecule has 1 fully saturated rings. The highest BCUT2D eigenvalue weighted by molar-refractivity contribution is 7.99. The average Bonchev–Trinajstić information content (AvgIpc) is 2.58. The summed E-state index contributed by atoms with van der Waals surface area (Å²) in [7, 11) is 0. The molecule has 1 aromatic carbocycles. The molecule has 1 nitrogen and oxygen atoms in total. The van der Waals surface area contributed by atoms with E-state index in [-0.39, 0.29) is 6.10 Å². The van der Waals surface area contributed by atoms with E-state index in [1.807, 2.05) is 11.8 Å². The highest BCUT2D eigenvalue weighted by Gasteiger charge is 2.36. The first kappa shape index (κ1) is 9.73. The molecule has 0 amide bonds. The lowest BCUT2D eigenvalue weighted by molar-refractivity contribution is 0.0459. The SMILES string of the molecule is OC(C1CCC1)C1CSc2ccccc21. The van der Waals surface area contributed by atoms with Gasteiger partial charge in [-0.3, -0.25) is 0 Å². The monoisotopic (exact) mass is 220 g/mol. The third kappa shape index (κ3) is 1.60. The molecule has 2 aliphatic rings. The number of aliphatic hydroxyl groups is 1. The lowest BCUT2D eigenvalue weighted by Gasteiger charge is -2.33. The minimum Gasteiger partial charge on any atom is -0.392 e. The van der Waals surface area contributed by atoms with Crippen LogP contribution in [0.1, 0.15) is 30.7 Å². The van der Waals surface area contributed by atoms with Gasteiger partial charge in [0.15, 0.2) is 0 Å². The van der Waals surface area contributed by atoms with Crippen molar-refractivity contribution in [2.75, 3.05) is 5.75 Å². The van der Waals surface area contributed by atoms with Crippen LogP contribution in [-0.2, 0) is 0 Å². The lowest BCUT2D eigenvalue weighted by atomic mass is 9.75. The van der Waals surface area contributed by atoms with Crippen LogP contribution >= 0.6 is 11.8 Å². The Morgan fingerprint density at radius 3 is 2.80 bits per heavy atom. The number of hydrogen-bond acceptors (Lipinski definition) is 2. The fourth-order valence-corrected chi connectivity index (χ4v) is 3.88. The molecule has 1 N–H and O–H groups in total. The van der Waals surface area contributed by atoms with Gasteiger partial charge in [-0.1, -0.05) is 24.6 Å². The molecule has 0 saturated heterocycles. The maximum atomic E-state index is 10.3. The molecule has 1 aliphatic carbocycles. The molecule has 0 radical (unpaired) electrons. The summed E-state index contributed by atoms with van der Waals surface area (Å²) in [5, 5.41) is 10.3. The van der Waals surface area contributed by atoms with Crippen molar-refractivity contribution in [3.05, 3.63) is 29.8 Å². The Balaban J connectivity index is 1.83. The van der Waals surface area contributed by atoms with Gasteiger partial charge < -0.3 is 5.11 Å². The Bertz CT molecular complexity index is 359. The van der Waals surface area contributed by atoms with Gasteiger partial charge >= 0.3 is 0 Å². The van der Waals surface area contributed by atoms with Crippen molar-refractivity contribution in [2.45, 2.75) is 36.2 Å². The predicted octanol–water partition coefficient (Wildman–Crippen LogP) is 3.04. The van der Waals surface area contributed by atoms with Crippen molar-refractivity contribution in [1.82, 2.24) is 0 Å². The minimum absolute atomic E-state index is 0.102. The third-order valence-electron chi connectivity index (χ3n) is 3.78. The number of benzene rings is 1. The normalized spacial score (nSPS) is 27.1. The van der Waals surface area contributed by atoms with Gasteiger partial charge in [-0.25, -0.2) is 0 Å². The van der Waals surface area contributed by atoms with Crippen molar-refractivity contribution in [2.24, 2.45) is 5.92 Å². The molecular weight excluding hydrogens is 204 g/mol. The number of aliphatic hydroxyl groups excluding tert-OH is 1. The average molecular weight is 220 g/mol. The van der Waals surface area contributed by atoms with Crippen molar-refractivity contribution in [1.29, 1.82) is 0 Å². The second-order valence-electron chi connectivity index (χ2n) is 4.64. The second kappa shape index (κ2) is 3.84. The van der Waals surface area contributed by atoms with E-state index in [9.17, 15) is 5.11 Å². The Labute approximate surface area is 94.9 Å². The molecule has 1 heterocycles. The molecule has 0 aromatic heterocycles. The highest BCUT2D eigenvalue weighted by Crippen LogP contribution is 2.45. The van der Waals surface area contributed by atoms with E-state index in [1.165, 1.54) is 29.7 Å². The Morgan fingerprint density at radius 2 is 2.07 bits per heavy atom. The Morgan fingerprint density at radius 1 is 1.27 bits per heavy atom. The van der Waals surface area contributed by atoms with Gasteiger partial charge in [-0.15, -0.1) is 11.8 Å². The Kier molecular flexibility index (Phi) is 2.49. The van der Waals surface area contributed by atoms with Crippen LogP contribution in [0.25, 0.3) is 0 Å². The predicted molar refractivity (Wildman–Crippen MR) is 63.3 cm³/mol.